The fourth-order valence-corrected chi connectivity index (χ4v) is 1.81. The maximum atomic E-state index is 11.6. The standard InChI is InChI=1S/C11H21N3O4/c1-13(6-7-14-4-2-3-5-14)11(18)12-8-9(15)10(16)17/h9,15H,2-8H2,1H3,(H,12,18)(H,16,17)/t9-/m0/s1. The number of likely N-dealkylation sites (N-methyl/N-ethyl adjacent to an activating group) is 1. The number of urea groups is 1. The summed E-state index contributed by atoms with van der Waals surface area (Å²) in [4.78, 5) is 25.7. The number of nitrogens with one attached hydrogen (secondary N) is 1. The number of carboxylic acid groups (broad SMARTS) is 1. The van der Waals surface area contributed by atoms with E-state index in [1.807, 2.05) is 0 Å². The van der Waals surface area contributed by atoms with Crippen molar-refractivity contribution in [2.24, 2.45) is 0 Å². The van der Waals surface area contributed by atoms with Gasteiger partial charge in [-0.25, -0.2) is 9.59 Å². The second-order valence-electron chi connectivity index (χ2n) is 4.51. The summed E-state index contributed by atoms with van der Waals surface area (Å²) in [5.41, 5.74) is 0. The zero-order chi connectivity index (χ0) is 13.5. The summed E-state index contributed by atoms with van der Waals surface area (Å²) < 4.78 is 0. The van der Waals surface area contributed by atoms with Gasteiger partial charge in [0.1, 0.15) is 0 Å². The Morgan fingerprint density at radius 1 is 1.39 bits per heavy atom. The molecule has 2 amide bonds. The normalized spacial score (nSPS) is 17.4. The molecule has 1 aliphatic heterocycles. The van der Waals surface area contributed by atoms with Crippen LogP contribution in [-0.2, 0) is 4.79 Å². The molecule has 104 valence electrons. The molecule has 7 heteroatoms. The fourth-order valence-electron chi connectivity index (χ4n) is 1.81. The first-order chi connectivity index (χ1) is 8.50. The minimum atomic E-state index is -1.55. The highest BCUT2D eigenvalue weighted by Gasteiger charge is 2.17. The van der Waals surface area contributed by atoms with E-state index in [0.29, 0.717) is 6.54 Å². The molecule has 1 saturated heterocycles. The topological polar surface area (TPSA) is 93.1 Å². The first kappa shape index (κ1) is 14.7. The van der Waals surface area contributed by atoms with E-state index in [4.69, 9.17) is 10.2 Å². The van der Waals surface area contributed by atoms with Crippen molar-refractivity contribution in [2.45, 2.75) is 18.9 Å². The van der Waals surface area contributed by atoms with Gasteiger partial charge in [0.25, 0.3) is 0 Å². The van der Waals surface area contributed by atoms with Crippen molar-refractivity contribution in [1.29, 1.82) is 0 Å². The Balaban J connectivity index is 2.17. The van der Waals surface area contributed by atoms with Gasteiger partial charge >= 0.3 is 12.0 Å². The van der Waals surface area contributed by atoms with Crippen LogP contribution in [0.3, 0.4) is 0 Å². The molecule has 0 aliphatic carbocycles. The third-order valence-electron chi connectivity index (χ3n) is 3.03. The summed E-state index contributed by atoms with van der Waals surface area (Å²) in [6.45, 7) is 3.29. The van der Waals surface area contributed by atoms with Crippen LogP contribution in [0.2, 0.25) is 0 Å². The lowest BCUT2D eigenvalue weighted by molar-refractivity contribution is -0.146. The molecule has 0 aromatic rings. The van der Waals surface area contributed by atoms with Crippen LogP contribution in [0.4, 0.5) is 4.79 Å². The molecule has 0 unspecified atom stereocenters. The van der Waals surface area contributed by atoms with Crippen molar-refractivity contribution < 1.29 is 19.8 Å². The molecule has 0 bridgehead atoms. The third kappa shape index (κ3) is 4.89. The molecule has 1 rings (SSSR count). The van der Waals surface area contributed by atoms with Crippen LogP contribution in [0.15, 0.2) is 0 Å². The van der Waals surface area contributed by atoms with Gasteiger partial charge < -0.3 is 25.3 Å². The van der Waals surface area contributed by atoms with Crippen molar-refractivity contribution >= 4 is 12.0 Å². The minimum absolute atomic E-state index is 0.276. The highest BCUT2D eigenvalue weighted by Crippen LogP contribution is 2.06. The van der Waals surface area contributed by atoms with Crippen LogP contribution in [0, 0.1) is 0 Å². The zero-order valence-electron chi connectivity index (χ0n) is 10.6. The molecular weight excluding hydrogens is 238 g/mol. The molecule has 0 aromatic carbocycles. The number of amides is 2. The van der Waals surface area contributed by atoms with Gasteiger partial charge in [0.05, 0.1) is 6.54 Å². The molecule has 3 N–H and O–H groups in total. The van der Waals surface area contributed by atoms with Crippen LogP contribution < -0.4 is 5.32 Å². The quantitative estimate of drug-likeness (QED) is 0.579. The van der Waals surface area contributed by atoms with Gasteiger partial charge in [-0.05, 0) is 25.9 Å². The monoisotopic (exact) mass is 259 g/mol. The number of carbonyl (C=O) groups is 2. The number of hydrogen-bond acceptors (Lipinski definition) is 4. The van der Waals surface area contributed by atoms with Crippen molar-refractivity contribution in [3.8, 4) is 0 Å². The fraction of sp³-hybridized carbons (Fsp3) is 0.818. The summed E-state index contributed by atoms with van der Waals surface area (Å²) in [6, 6.07) is -0.366. The number of aliphatic hydroxyl groups is 1. The second kappa shape index (κ2) is 7.17. The van der Waals surface area contributed by atoms with Crippen LogP contribution in [0.1, 0.15) is 12.8 Å². The number of hydrogen-bond donors (Lipinski definition) is 3. The summed E-state index contributed by atoms with van der Waals surface area (Å²) >= 11 is 0. The van der Waals surface area contributed by atoms with Crippen LogP contribution in [0.5, 0.6) is 0 Å². The van der Waals surface area contributed by atoms with Crippen molar-refractivity contribution in [2.75, 3.05) is 39.8 Å². The maximum Gasteiger partial charge on any atom is 0.334 e. The molecular formula is C11H21N3O4. The molecule has 0 saturated carbocycles. The van der Waals surface area contributed by atoms with E-state index < -0.39 is 12.1 Å². The Kier molecular flexibility index (Phi) is 5.87. The molecule has 7 nitrogen and oxygen atoms in total. The third-order valence-corrected chi connectivity index (χ3v) is 3.03. The Morgan fingerprint density at radius 3 is 2.56 bits per heavy atom. The summed E-state index contributed by atoms with van der Waals surface area (Å²) in [7, 11) is 1.65. The van der Waals surface area contributed by atoms with E-state index >= 15 is 0 Å². The maximum absolute atomic E-state index is 11.6. The number of rotatable bonds is 6. The van der Waals surface area contributed by atoms with E-state index in [0.717, 1.165) is 19.6 Å². The average Bonchev–Trinajstić information content (AvgIpc) is 2.85. The largest absolute Gasteiger partial charge is 0.479 e. The summed E-state index contributed by atoms with van der Waals surface area (Å²) in [6.07, 6.45) is 0.863. The number of carboxylic acids is 1. The lowest BCUT2D eigenvalue weighted by Gasteiger charge is -2.22. The van der Waals surface area contributed by atoms with Crippen molar-refractivity contribution in [3.63, 3.8) is 0 Å². The summed E-state index contributed by atoms with van der Waals surface area (Å²) in [5.74, 6) is -1.34. The highest BCUT2D eigenvalue weighted by atomic mass is 16.4. The van der Waals surface area contributed by atoms with E-state index in [1.54, 1.807) is 7.05 Å². The van der Waals surface area contributed by atoms with Gasteiger partial charge in [0, 0.05) is 20.1 Å². The number of aliphatic hydroxyl groups excluding tert-OH is 1. The lowest BCUT2D eigenvalue weighted by atomic mass is 10.3. The minimum Gasteiger partial charge on any atom is -0.479 e. The van der Waals surface area contributed by atoms with Crippen LogP contribution >= 0.6 is 0 Å². The first-order valence-corrected chi connectivity index (χ1v) is 6.13. The molecule has 0 radical (unpaired) electrons. The van der Waals surface area contributed by atoms with E-state index in [1.165, 1.54) is 17.7 Å². The van der Waals surface area contributed by atoms with Gasteiger partial charge in [-0.15, -0.1) is 0 Å². The Bertz CT molecular complexity index is 292. The molecule has 18 heavy (non-hydrogen) atoms. The molecule has 1 fully saturated rings. The molecule has 0 spiro atoms. The number of aliphatic carboxylic acids is 1. The van der Waals surface area contributed by atoms with E-state index in [-0.39, 0.29) is 12.6 Å². The predicted octanol–water partition coefficient (Wildman–Crippen LogP) is -0.831. The smallest absolute Gasteiger partial charge is 0.334 e. The number of carbonyl (C=O) groups excluding carboxylic acids is 1. The molecule has 1 aliphatic rings. The zero-order valence-corrected chi connectivity index (χ0v) is 10.6. The van der Waals surface area contributed by atoms with Crippen molar-refractivity contribution in [3.05, 3.63) is 0 Å². The van der Waals surface area contributed by atoms with Crippen molar-refractivity contribution in [1.82, 2.24) is 15.1 Å². The molecule has 1 heterocycles. The Morgan fingerprint density at radius 2 is 2.00 bits per heavy atom. The molecule has 1 atom stereocenters. The van der Waals surface area contributed by atoms with Gasteiger partial charge in [-0.3, -0.25) is 0 Å². The SMILES string of the molecule is CN(CCN1CCCC1)C(=O)NC[C@H](O)C(=O)O. The second-order valence-corrected chi connectivity index (χ2v) is 4.51. The number of likely N-dealkylation sites (tertiary alicyclic amines) is 1. The Labute approximate surface area is 106 Å². The summed E-state index contributed by atoms with van der Waals surface area (Å²) in [5, 5.41) is 19.9. The lowest BCUT2D eigenvalue weighted by Crippen LogP contribution is -2.45. The van der Waals surface area contributed by atoms with E-state index in [9.17, 15) is 9.59 Å². The predicted molar refractivity (Wildman–Crippen MR) is 65.3 cm³/mol. The first-order valence-electron chi connectivity index (χ1n) is 6.13. The van der Waals surface area contributed by atoms with Gasteiger partial charge in [0.2, 0.25) is 0 Å². The van der Waals surface area contributed by atoms with E-state index in [2.05, 4.69) is 10.2 Å². The Hall–Kier alpha value is -1.34. The van der Waals surface area contributed by atoms with Crippen LogP contribution in [0.25, 0.3) is 0 Å². The van der Waals surface area contributed by atoms with Gasteiger partial charge in [0.15, 0.2) is 6.10 Å². The average molecular weight is 259 g/mol. The van der Waals surface area contributed by atoms with Crippen LogP contribution in [-0.4, -0.2) is 77.9 Å². The molecule has 0 aromatic heterocycles. The number of nitrogens with zero attached hydrogens (tertiary/aromatic N) is 2. The van der Waals surface area contributed by atoms with Gasteiger partial charge in [-0.2, -0.15) is 0 Å². The van der Waals surface area contributed by atoms with Gasteiger partial charge in [-0.1, -0.05) is 0 Å². The highest BCUT2D eigenvalue weighted by molar-refractivity contribution is 5.76.